The maximum absolute atomic E-state index is 13.1. The molecule has 0 aliphatic carbocycles. The van der Waals surface area contributed by atoms with E-state index < -0.39 is 0 Å². The summed E-state index contributed by atoms with van der Waals surface area (Å²) < 4.78 is 18.6. The van der Waals surface area contributed by atoms with Gasteiger partial charge >= 0.3 is 0 Å². The summed E-state index contributed by atoms with van der Waals surface area (Å²) in [5.41, 5.74) is 1.29. The lowest BCUT2D eigenvalue weighted by Gasteiger charge is -2.07. The predicted molar refractivity (Wildman–Crippen MR) is 75.1 cm³/mol. The minimum absolute atomic E-state index is 0.0593. The van der Waals surface area contributed by atoms with E-state index in [1.807, 2.05) is 6.07 Å². The van der Waals surface area contributed by atoms with Crippen LogP contribution in [0.2, 0.25) is 0 Å². The molecule has 0 radical (unpaired) electrons. The number of benzene rings is 2. The van der Waals surface area contributed by atoms with Gasteiger partial charge in [0.2, 0.25) is 0 Å². The molecule has 0 aliphatic heterocycles. The second-order valence-corrected chi connectivity index (χ2v) is 4.90. The summed E-state index contributed by atoms with van der Waals surface area (Å²) in [4.78, 5) is 12.2. The van der Waals surface area contributed by atoms with Crippen molar-refractivity contribution in [2.75, 3.05) is 7.11 Å². The number of rotatable bonds is 4. The van der Waals surface area contributed by atoms with E-state index in [0.717, 1.165) is 5.56 Å². The second-order valence-electron chi connectivity index (χ2n) is 4.05. The molecular formula is C15H12BrFO2. The Labute approximate surface area is 119 Å². The Morgan fingerprint density at radius 1 is 1.26 bits per heavy atom. The largest absolute Gasteiger partial charge is 0.496 e. The van der Waals surface area contributed by atoms with Crippen LogP contribution >= 0.6 is 15.9 Å². The van der Waals surface area contributed by atoms with E-state index in [-0.39, 0.29) is 18.0 Å². The smallest absolute Gasteiger partial charge is 0.170 e. The zero-order valence-electron chi connectivity index (χ0n) is 10.3. The third kappa shape index (κ3) is 3.20. The van der Waals surface area contributed by atoms with Crippen LogP contribution in [0.4, 0.5) is 4.39 Å². The first kappa shape index (κ1) is 13.7. The number of hydrogen-bond acceptors (Lipinski definition) is 2. The summed E-state index contributed by atoms with van der Waals surface area (Å²) in [6.07, 6.45) is 0.208. The number of carbonyl (C=O) groups excluding carboxylic acids is 1. The first-order valence-corrected chi connectivity index (χ1v) is 6.51. The molecule has 0 N–H and O–H groups in total. The average molecular weight is 323 g/mol. The molecule has 0 fully saturated rings. The van der Waals surface area contributed by atoms with Crippen LogP contribution in [0.3, 0.4) is 0 Å². The molecule has 0 atom stereocenters. The summed E-state index contributed by atoms with van der Waals surface area (Å²) in [6, 6.07) is 11.6. The molecule has 2 aromatic rings. The van der Waals surface area contributed by atoms with Crippen molar-refractivity contribution in [1.29, 1.82) is 0 Å². The summed E-state index contributed by atoms with van der Waals surface area (Å²) >= 11 is 3.11. The van der Waals surface area contributed by atoms with E-state index in [9.17, 15) is 9.18 Å². The molecule has 2 nitrogen and oxygen atoms in total. The highest BCUT2D eigenvalue weighted by molar-refractivity contribution is 9.10. The molecule has 0 aliphatic rings. The molecule has 19 heavy (non-hydrogen) atoms. The van der Waals surface area contributed by atoms with Gasteiger partial charge in [0.25, 0.3) is 0 Å². The first-order valence-electron chi connectivity index (χ1n) is 5.72. The van der Waals surface area contributed by atoms with E-state index in [0.29, 0.717) is 15.8 Å². The molecule has 98 valence electrons. The van der Waals surface area contributed by atoms with Crippen LogP contribution in [-0.2, 0) is 6.42 Å². The van der Waals surface area contributed by atoms with Crippen LogP contribution in [0, 0.1) is 5.82 Å². The van der Waals surface area contributed by atoms with E-state index in [2.05, 4.69) is 15.9 Å². The van der Waals surface area contributed by atoms with Crippen LogP contribution in [-0.4, -0.2) is 12.9 Å². The molecular weight excluding hydrogens is 311 g/mol. The molecule has 4 heteroatoms. The van der Waals surface area contributed by atoms with E-state index in [1.165, 1.54) is 13.2 Å². The van der Waals surface area contributed by atoms with Gasteiger partial charge in [-0.15, -0.1) is 0 Å². The van der Waals surface area contributed by atoms with Crippen molar-refractivity contribution < 1.29 is 13.9 Å². The van der Waals surface area contributed by atoms with Crippen molar-refractivity contribution in [1.82, 2.24) is 0 Å². The van der Waals surface area contributed by atoms with Gasteiger partial charge in [-0.3, -0.25) is 4.79 Å². The fourth-order valence-electron chi connectivity index (χ4n) is 1.81. The highest BCUT2D eigenvalue weighted by Gasteiger charge is 2.12. The van der Waals surface area contributed by atoms with E-state index >= 15 is 0 Å². The van der Waals surface area contributed by atoms with Gasteiger partial charge in [0, 0.05) is 6.42 Å². The minimum Gasteiger partial charge on any atom is -0.496 e. The van der Waals surface area contributed by atoms with E-state index in [4.69, 9.17) is 4.74 Å². The standard InChI is InChI=1S/C15H12BrFO2/c1-19-15-5-3-2-4-11(15)14(18)9-10-6-7-13(17)12(16)8-10/h2-8H,9H2,1H3. The molecule has 0 bridgehead atoms. The number of halogens is 2. The lowest BCUT2D eigenvalue weighted by atomic mass is 10.0. The zero-order chi connectivity index (χ0) is 13.8. The summed E-state index contributed by atoms with van der Waals surface area (Å²) in [6.45, 7) is 0. The Morgan fingerprint density at radius 2 is 2.00 bits per heavy atom. The van der Waals surface area contributed by atoms with Crippen molar-refractivity contribution in [2.45, 2.75) is 6.42 Å². The Bertz CT molecular complexity index is 611. The van der Waals surface area contributed by atoms with Crippen molar-refractivity contribution in [3.8, 4) is 5.75 Å². The summed E-state index contributed by atoms with van der Waals surface area (Å²) in [7, 11) is 1.53. The maximum Gasteiger partial charge on any atom is 0.170 e. The molecule has 0 saturated heterocycles. The highest BCUT2D eigenvalue weighted by atomic mass is 79.9. The Morgan fingerprint density at radius 3 is 2.68 bits per heavy atom. The number of hydrogen-bond donors (Lipinski definition) is 0. The van der Waals surface area contributed by atoms with Crippen LogP contribution in [0.1, 0.15) is 15.9 Å². The normalized spacial score (nSPS) is 10.3. The van der Waals surface area contributed by atoms with Gasteiger partial charge in [0.15, 0.2) is 5.78 Å². The number of methoxy groups -OCH3 is 1. The van der Waals surface area contributed by atoms with Crippen molar-refractivity contribution in [2.24, 2.45) is 0 Å². The van der Waals surface area contributed by atoms with Gasteiger partial charge in [0.05, 0.1) is 17.1 Å². The third-order valence-corrected chi connectivity index (χ3v) is 3.36. The fraction of sp³-hybridized carbons (Fsp3) is 0.133. The fourth-order valence-corrected chi connectivity index (χ4v) is 2.23. The number of carbonyl (C=O) groups is 1. The van der Waals surface area contributed by atoms with Gasteiger partial charge in [-0.2, -0.15) is 0 Å². The molecule has 0 saturated carbocycles. The molecule has 0 spiro atoms. The summed E-state index contributed by atoms with van der Waals surface area (Å²) in [5.74, 6) is 0.151. The average Bonchev–Trinajstić information content (AvgIpc) is 2.43. The molecule has 0 unspecified atom stereocenters. The maximum atomic E-state index is 13.1. The quantitative estimate of drug-likeness (QED) is 0.795. The number of Topliss-reactive ketones (excluding diaryl/α,β-unsaturated/α-hetero) is 1. The molecule has 0 heterocycles. The number of para-hydroxylation sites is 1. The predicted octanol–water partition coefficient (Wildman–Crippen LogP) is 4.02. The zero-order valence-corrected chi connectivity index (χ0v) is 11.9. The second kappa shape index (κ2) is 5.97. The van der Waals surface area contributed by atoms with Crippen molar-refractivity contribution in [3.63, 3.8) is 0 Å². The van der Waals surface area contributed by atoms with Gasteiger partial charge in [0.1, 0.15) is 11.6 Å². The summed E-state index contributed by atoms with van der Waals surface area (Å²) in [5, 5.41) is 0. The molecule has 2 aromatic carbocycles. The monoisotopic (exact) mass is 322 g/mol. The highest BCUT2D eigenvalue weighted by Crippen LogP contribution is 2.21. The third-order valence-electron chi connectivity index (χ3n) is 2.76. The Balaban J connectivity index is 2.23. The van der Waals surface area contributed by atoms with Gasteiger partial charge in [-0.1, -0.05) is 18.2 Å². The van der Waals surface area contributed by atoms with Gasteiger partial charge in [-0.05, 0) is 45.8 Å². The molecule has 0 aromatic heterocycles. The SMILES string of the molecule is COc1ccccc1C(=O)Cc1ccc(F)c(Br)c1. The van der Waals surface area contributed by atoms with E-state index in [1.54, 1.807) is 30.3 Å². The van der Waals surface area contributed by atoms with Crippen molar-refractivity contribution in [3.05, 3.63) is 63.9 Å². The lowest BCUT2D eigenvalue weighted by molar-refractivity contribution is 0.0990. The number of ether oxygens (including phenoxy) is 1. The van der Waals surface area contributed by atoms with Gasteiger partial charge in [-0.25, -0.2) is 4.39 Å². The lowest BCUT2D eigenvalue weighted by Crippen LogP contribution is -2.05. The molecule has 0 amide bonds. The first-order chi connectivity index (χ1) is 9.11. The van der Waals surface area contributed by atoms with Crippen molar-refractivity contribution >= 4 is 21.7 Å². The van der Waals surface area contributed by atoms with Crippen LogP contribution in [0.5, 0.6) is 5.75 Å². The van der Waals surface area contributed by atoms with Crippen LogP contribution < -0.4 is 4.74 Å². The Hall–Kier alpha value is -1.68. The molecule has 2 rings (SSSR count). The van der Waals surface area contributed by atoms with Crippen LogP contribution in [0.25, 0.3) is 0 Å². The number of ketones is 1. The topological polar surface area (TPSA) is 26.3 Å². The van der Waals surface area contributed by atoms with Crippen LogP contribution in [0.15, 0.2) is 46.9 Å². The van der Waals surface area contributed by atoms with Gasteiger partial charge < -0.3 is 4.74 Å². The Kier molecular flexibility index (Phi) is 4.32. The minimum atomic E-state index is -0.339.